The summed E-state index contributed by atoms with van der Waals surface area (Å²) in [5, 5.41) is -0.313. The van der Waals surface area contributed by atoms with Crippen LogP contribution in [0.5, 0.6) is 0 Å². The Hall–Kier alpha value is -1.35. The van der Waals surface area contributed by atoms with Crippen molar-refractivity contribution in [2.45, 2.75) is 9.79 Å². The van der Waals surface area contributed by atoms with Gasteiger partial charge in [-0.15, -0.1) is 0 Å². The van der Waals surface area contributed by atoms with Crippen LogP contribution in [0, 0.1) is 5.82 Å². The van der Waals surface area contributed by atoms with Crippen molar-refractivity contribution in [2.75, 3.05) is 11.0 Å². The Morgan fingerprint density at radius 2 is 1.61 bits per heavy atom. The molecule has 2 aromatic carbocycles. The Balaban J connectivity index is 2.51. The predicted octanol–water partition coefficient (Wildman–Crippen LogP) is 3.34. The number of rotatable bonds is 4. The molecule has 0 radical (unpaired) electrons. The van der Waals surface area contributed by atoms with Crippen LogP contribution in [0.3, 0.4) is 0 Å². The van der Waals surface area contributed by atoms with Crippen molar-refractivity contribution >= 4 is 48.7 Å². The molecule has 0 aromatic heterocycles. The third kappa shape index (κ3) is 4.14. The topological polar surface area (TPSA) is 80.3 Å². The highest BCUT2D eigenvalue weighted by Gasteiger charge is 2.22. The minimum Gasteiger partial charge on any atom is -0.278 e. The smallest absolute Gasteiger partial charge is 0.263 e. The van der Waals surface area contributed by atoms with Crippen LogP contribution in [0.2, 0.25) is 10.0 Å². The Labute approximate surface area is 143 Å². The standard InChI is InChI=1S/C13H10Cl2FNO4S2/c1-22(18,19)9-3-4-10(14)13(7-9)23(20,21)17-12-5-2-8(16)6-11(12)15/h2-7,17H,1H3. The lowest BCUT2D eigenvalue weighted by atomic mass is 10.3. The van der Waals surface area contributed by atoms with Crippen LogP contribution in [0.4, 0.5) is 10.1 Å². The van der Waals surface area contributed by atoms with E-state index >= 15 is 0 Å². The van der Waals surface area contributed by atoms with E-state index in [1.807, 2.05) is 0 Å². The van der Waals surface area contributed by atoms with Gasteiger partial charge in [0.15, 0.2) is 9.84 Å². The first kappa shape index (κ1) is 18.0. The number of sulfonamides is 1. The SMILES string of the molecule is CS(=O)(=O)c1ccc(Cl)c(S(=O)(=O)Nc2ccc(F)cc2Cl)c1. The summed E-state index contributed by atoms with van der Waals surface area (Å²) in [6, 6.07) is 6.41. The second-order valence-electron chi connectivity index (χ2n) is 4.59. The molecule has 0 bridgehead atoms. The van der Waals surface area contributed by atoms with Crippen molar-refractivity contribution < 1.29 is 21.2 Å². The Morgan fingerprint density at radius 1 is 0.957 bits per heavy atom. The van der Waals surface area contributed by atoms with E-state index in [0.717, 1.165) is 30.5 Å². The minimum absolute atomic E-state index is 0.0612. The molecule has 0 saturated carbocycles. The molecule has 0 aliphatic carbocycles. The van der Waals surface area contributed by atoms with Gasteiger partial charge in [-0.05, 0) is 36.4 Å². The molecule has 2 aromatic rings. The molecule has 5 nitrogen and oxygen atoms in total. The molecular weight excluding hydrogens is 388 g/mol. The highest BCUT2D eigenvalue weighted by atomic mass is 35.5. The molecule has 0 amide bonds. The van der Waals surface area contributed by atoms with Gasteiger partial charge in [-0.25, -0.2) is 21.2 Å². The van der Waals surface area contributed by atoms with Crippen LogP contribution in [0.1, 0.15) is 0 Å². The third-order valence-electron chi connectivity index (χ3n) is 2.80. The molecule has 2 rings (SSSR count). The van der Waals surface area contributed by atoms with Crippen LogP contribution in [0.15, 0.2) is 46.2 Å². The van der Waals surface area contributed by atoms with Crippen LogP contribution in [-0.4, -0.2) is 23.1 Å². The van der Waals surface area contributed by atoms with E-state index in [-0.39, 0.29) is 20.6 Å². The minimum atomic E-state index is -4.22. The summed E-state index contributed by atoms with van der Waals surface area (Å²) in [7, 11) is -7.83. The lowest BCUT2D eigenvalue weighted by Crippen LogP contribution is -2.14. The highest BCUT2D eigenvalue weighted by molar-refractivity contribution is 7.93. The van der Waals surface area contributed by atoms with Crippen molar-refractivity contribution in [3.63, 3.8) is 0 Å². The Morgan fingerprint density at radius 3 is 2.17 bits per heavy atom. The molecule has 10 heteroatoms. The summed E-state index contributed by atoms with van der Waals surface area (Å²) in [6.45, 7) is 0. The average Bonchev–Trinajstić information content (AvgIpc) is 2.41. The zero-order chi connectivity index (χ0) is 17.4. The van der Waals surface area contributed by atoms with Gasteiger partial charge in [-0.3, -0.25) is 4.72 Å². The second-order valence-corrected chi connectivity index (χ2v) is 9.08. The molecule has 23 heavy (non-hydrogen) atoms. The van der Waals surface area contributed by atoms with Gasteiger partial charge in [0, 0.05) is 6.26 Å². The van der Waals surface area contributed by atoms with Crippen molar-refractivity contribution in [1.29, 1.82) is 0 Å². The van der Waals surface area contributed by atoms with Crippen molar-refractivity contribution in [3.8, 4) is 0 Å². The number of halogens is 3. The number of sulfone groups is 1. The van der Waals surface area contributed by atoms with Crippen LogP contribution in [-0.2, 0) is 19.9 Å². The van der Waals surface area contributed by atoms with Crippen LogP contribution in [0.25, 0.3) is 0 Å². The first-order valence-electron chi connectivity index (χ1n) is 5.98. The van der Waals surface area contributed by atoms with E-state index in [1.165, 1.54) is 12.1 Å². The van der Waals surface area contributed by atoms with Gasteiger partial charge in [0.2, 0.25) is 0 Å². The monoisotopic (exact) mass is 397 g/mol. The normalized spacial score (nSPS) is 12.2. The first-order valence-corrected chi connectivity index (χ1v) is 10.1. The van der Waals surface area contributed by atoms with Crippen molar-refractivity contribution in [3.05, 3.63) is 52.3 Å². The van der Waals surface area contributed by atoms with Gasteiger partial charge in [-0.1, -0.05) is 23.2 Å². The Bertz CT molecular complexity index is 975. The molecule has 0 saturated heterocycles. The number of hydrogen-bond donors (Lipinski definition) is 1. The predicted molar refractivity (Wildman–Crippen MR) is 86.8 cm³/mol. The van der Waals surface area contributed by atoms with E-state index in [9.17, 15) is 21.2 Å². The highest BCUT2D eigenvalue weighted by Crippen LogP contribution is 2.29. The fourth-order valence-corrected chi connectivity index (χ4v) is 4.29. The molecular formula is C13H10Cl2FNO4S2. The summed E-state index contributed by atoms with van der Waals surface area (Å²) < 4.78 is 63.0. The van der Waals surface area contributed by atoms with Gasteiger partial charge in [0.25, 0.3) is 10.0 Å². The molecule has 0 aliphatic rings. The van der Waals surface area contributed by atoms with E-state index in [1.54, 1.807) is 0 Å². The largest absolute Gasteiger partial charge is 0.278 e. The fraction of sp³-hybridized carbons (Fsp3) is 0.0769. The van der Waals surface area contributed by atoms with Gasteiger partial charge < -0.3 is 0 Å². The number of hydrogen-bond acceptors (Lipinski definition) is 4. The van der Waals surface area contributed by atoms with E-state index < -0.39 is 30.6 Å². The molecule has 0 heterocycles. The zero-order valence-corrected chi connectivity index (χ0v) is 14.7. The van der Waals surface area contributed by atoms with Gasteiger partial charge in [0.05, 0.1) is 20.6 Å². The molecule has 0 fully saturated rings. The second kappa shape index (κ2) is 6.27. The van der Waals surface area contributed by atoms with Crippen molar-refractivity contribution in [2.24, 2.45) is 0 Å². The van der Waals surface area contributed by atoms with Crippen molar-refractivity contribution in [1.82, 2.24) is 0 Å². The lowest BCUT2D eigenvalue weighted by Gasteiger charge is -2.12. The zero-order valence-electron chi connectivity index (χ0n) is 11.5. The molecule has 0 aliphatic heterocycles. The quantitative estimate of drug-likeness (QED) is 0.857. The third-order valence-corrected chi connectivity index (χ3v) is 6.07. The molecule has 124 valence electrons. The van der Waals surface area contributed by atoms with Gasteiger partial charge in [-0.2, -0.15) is 0 Å². The Kier molecular flexibility index (Phi) is 4.91. The van der Waals surface area contributed by atoms with E-state index in [2.05, 4.69) is 4.72 Å². The van der Waals surface area contributed by atoms with E-state index in [4.69, 9.17) is 23.2 Å². The number of nitrogens with one attached hydrogen (secondary N) is 1. The average molecular weight is 398 g/mol. The van der Waals surface area contributed by atoms with Crippen LogP contribution < -0.4 is 4.72 Å². The maximum absolute atomic E-state index is 13.0. The molecule has 1 N–H and O–H groups in total. The van der Waals surface area contributed by atoms with E-state index in [0.29, 0.717) is 0 Å². The number of anilines is 1. The molecule has 0 spiro atoms. The van der Waals surface area contributed by atoms with Crippen LogP contribution >= 0.6 is 23.2 Å². The molecule has 0 unspecified atom stereocenters. The summed E-state index contributed by atoms with van der Waals surface area (Å²) in [4.78, 5) is -0.630. The summed E-state index contributed by atoms with van der Waals surface area (Å²) in [5.41, 5.74) is -0.0612. The summed E-state index contributed by atoms with van der Waals surface area (Å²) in [6.07, 6.45) is 0.941. The number of benzene rings is 2. The lowest BCUT2D eigenvalue weighted by molar-refractivity contribution is 0.599. The maximum atomic E-state index is 13.0. The summed E-state index contributed by atoms with van der Waals surface area (Å²) in [5.74, 6) is -0.630. The maximum Gasteiger partial charge on any atom is 0.263 e. The summed E-state index contributed by atoms with van der Waals surface area (Å²) >= 11 is 11.6. The van der Waals surface area contributed by atoms with Gasteiger partial charge in [0.1, 0.15) is 10.7 Å². The fourth-order valence-electron chi connectivity index (χ4n) is 1.69. The first-order chi connectivity index (χ1) is 10.5. The molecule has 0 atom stereocenters. The van der Waals surface area contributed by atoms with Gasteiger partial charge >= 0.3 is 0 Å².